The van der Waals surface area contributed by atoms with Crippen LogP contribution in [0.3, 0.4) is 0 Å². The Kier molecular flexibility index (Phi) is 6.76. The van der Waals surface area contributed by atoms with Crippen LogP contribution in [0.2, 0.25) is 15.1 Å². The van der Waals surface area contributed by atoms with E-state index in [9.17, 15) is 4.79 Å². The van der Waals surface area contributed by atoms with Crippen molar-refractivity contribution in [1.82, 2.24) is 5.32 Å². The van der Waals surface area contributed by atoms with Gasteiger partial charge in [-0.25, -0.2) is 4.99 Å². The van der Waals surface area contributed by atoms with Gasteiger partial charge in [0.25, 0.3) is 5.91 Å². The minimum atomic E-state index is -0.252. The van der Waals surface area contributed by atoms with Crippen molar-refractivity contribution in [1.29, 1.82) is 0 Å². The predicted octanol–water partition coefficient (Wildman–Crippen LogP) is 6.70. The lowest BCUT2D eigenvalue weighted by molar-refractivity contribution is -0.115. The number of ether oxygens (including phenoxy) is 1. The maximum Gasteiger partial charge on any atom is 0.264 e. The van der Waals surface area contributed by atoms with E-state index in [2.05, 4.69) is 26.2 Å². The second-order valence-corrected chi connectivity index (χ2v) is 8.38. The number of rotatable bonds is 4. The van der Waals surface area contributed by atoms with Gasteiger partial charge in [-0.05, 0) is 70.5 Å². The fourth-order valence-corrected chi connectivity index (χ4v) is 4.43. The van der Waals surface area contributed by atoms with Crippen molar-refractivity contribution in [3.63, 3.8) is 0 Å². The van der Waals surface area contributed by atoms with Gasteiger partial charge in [0.05, 0.1) is 36.7 Å². The summed E-state index contributed by atoms with van der Waals surface area (Å²) in [5.74, 6) is 0.320. The van der Waals surface area contributed by atoms with E-state index >= 15 is 0 Å². The smallest absolute Gasteiger partial charge is 0.264 e. The molecule has 0 unspecified atom stereocenters. The Morgan fingerprint density at radius 3 is 2.74 bits per heavy atom. The van der Waals surface area contributed by atoms with E-state index in [4.69, 9.17) is 39.5 Å². The van der Waals surface area contributed by atoms with Crippen LogP contribution in [0.1, 0.15) is 12.5 Å². The van der Waals surface area contributed by atoms with E-state index in [0.717, 1.165) is 5.56 Å². The molecule has 0 spiro atoms. The van der Waals surface area contributed by atoms with E-state index in [0.29, 0.717) is 47.7 Å². The van der Waals surface area contributed by atoms with E-state index < -0.39 is 0 Å². The number of thioether (sulfide) groups is 1. The van der Waals surface area contributed by atoms with E-state index in [-0.39, 0.29) is 5.91 Å². The molecule has 1 aliphatic heterocycles. The molecule has 1 aliphatic rings. The Morgan fingerprint density at radius 1 is 1.26 bits per heavy atom. The third kappa shape index (κ3) is 4.81. The molecule has 1 amide bonds. The number of benzene rings is 2. The second-order valence-electron chi connectivity index (χ2n) is 5.30. The Balaban J connectivity index is 1.87. The summed E-state index contributed by atoms with van der Waals surface area (Å²) in [4.78, 5) is 17.1. The van der Waals surface area contributed by atoms with Crippen LogP contribution in [-0.4, -0.2) is 17.7 Å². The number of nitrogens with zero attached hydrogens (tertiary/aromatic N) is 1. The van der Waals surface area contributed by atoms with Gasteiger partial charge >= 0.3 is 0 Å². The van der Waals surface area contributed by atoms with Crippen molar-refractivity contribution in [2.45, 2.75) is 6.92 Å². The molecule has 2 aromatic carbocycles. The molecule has 0 aromatic heterocycles. The molecule has 9 heteroatoms. The fraction of sp³-hybridized carbons (Fsp3) is 0.111. The number of hydrogen-bond donors (Lipinski definition) is 1. The Morgan fingerprint density at radius 2 is 2.04 bits per heavy atom. The summed E-state index contributed by atoms with van der Waals surface area (Å²) in [5, 5.41) is 4.33. The van der Waals surface area contributed by atoms with Gasteiger partial charge in [-0.1, -0.05) is 40.9 Å². The molecule has 27 heavy (non-hydrogen) atoms. The number of halogens is 4. The van der Waals surface area contributed by atoms with Gasteiger partial charge in [-0.15, -0.1) is 0 Å². The van der Waals surface area contributed by atoms with Gasteiger partial charge in [0.2, 0.25) is 0 Å². The SMILES string of the molecule is CCOc1c(Cl)cc(/C=C2\SC(=Nc3cccc(Cl)c3Cl)NC2=O)cc1Br. The number of amides is 1. The fourth-order valence-electron chi connectivity index (χ4n) is 2.27. The normalized spacial score (nSPS) is 16.9. The molecule has 3 rings (SSSR count). The van der Waals surface area contributed by atoms with Crippen LogP contribution in [0, 0.1) is 0 Å². The number of carbonyl (C=O) groups is 1. The number of aliphatic imine (C=N–C) groups is 1. The van der Waals surface area contributed by atoms with Crippen LogP contribution in [0.15, 0.2) is 44.7 Å². The first kappa shape index (κ1) is 20.6. The molecule has 1 N–H and O–H groups in total. The number of carbonyl (C=O) groups excluding carboxylic acids is 1. The summed E-state index contributed by atoms with van der Waals surface area (Å²) in [6, 6.07) is 8.71. The van der Waals surface area contributed by atoms with E-state index in [1.54, 1.807) is 30.3 Å². The highest BCUT2D eigenvalue weighted by atomic mass is 79.9. The summed E-state index contributed by atoms with van der Waals surface area (Å²) in [7, 11) is 0. The Hall–Kier alpha value is -1.18. The predicted molar refractivity (Wildman–Crippen MR) is 118 cm³/mol. The monoisotopic (exact) mass is 504 g/mol. The van der Waals surface area contributed by atoms with Crippen molar-refractivity contribution >= 4 is 85.3 Å². The molecule has 0 aliphatic carbocycles. The van der Waals surface area contributed by atoms with Crippen LogP contribution in [0.5, 0.6) is 5.75 Å². The van der Waals surface area contributed by atoms with Gasteiger partial charge in [0.1, 0.15) is 0 Å². The minimum Gasteiger partial charge on any atom is -0.491 e. The average Bonchev–Trinajstić information content (AvgIpc) is 2.94. The first-order valence-corrected chi connectivity index (χ1v) is 10.5. The lowest BCUT2D eigenvalue weighted by atomic mass is 10.2. The van der Waals surface area contributed by atoms with Gasteiger partial charge in [-0.3, -0.25) is 4.79 Å². The van der Waals surface area contributed by atoms with E-state index in [1.165, 1.54) is 11.8 Å². The standard InChI is InChI=1S/C18H12BrCl3N2O2S/c1-2-26-16-10(19)6-9(7-12(16)21)8-14-17(25)24-18(27-14)23-13-5-3-4-11(20)15(13)22/h3-8H,2H2,1H3,(H,23,24,25)/b14-8-. The Bertz CT molecular complexity index is 956. The van der Waals surface area contributed by atoms with Crippen LogP contribution in [-0.2, 0) is 4.79 Å². The largest absolute Gasteiger partial charge is 0.491 e. The van der Waals surface area contributed by atoms with Gasteiger partial charge in [0.15, 0.2) is 10.9 Å². The zero-order valence-corrected chi connectivity index (χ0v) is 18.5. The summed E-state index contributed by atoms with van der Waals surface area (Å²) in [6.07, 6.45) is 1.73. The zero-order valence-electron chi connectivity index (χ0n) is 13.9. The molecule has 0 saturated carbocycles. The quantitative estimate of drug-likeness (QED) is 0.470. The minimum absolute atomic E-state index is 0.252. The highest BCUT2D eigenvalue weighted by molar-refractivity contribution is 9.10. The zero-order chi connectivity index (χ0) is 19.6. The van der Waals surface area contributed by atoms with Crippen molar-refractivity contribution in [2.24, 2.45) is 4.99 Å². The molecule has 0 bridgehead atoms. The third-order valence-electron chi connectivity index (χ3n) is 3.41. The summed E-state index contributed by atoms with van der Waals surface area (Å²) >= 11 is 23.0. The number of nitrogens with one attached hydrogen (secondary N) is 1. The van der Waals surface area contributed by atoms with Crippen molar-refractivity contribution in [3.05, 3.63) is 60.3 Å². The number of hydrogen-bond acceptors (Lipinski definition) is 4. The first-order chi connectivity index (χ1) is 12.9. The van der Waals surface area contributed by atoms with Crippen molar-refractivity contribution < 1.29 is 9.53 Å². The molecule has 0 atom stereocenters. The average molecular weight is 507 g/mol. The first-order valence-electron chi connectivity index (χ1n) is 7.74. The van der Waals surface area contributed by atoms with Crippen LogP contribution >= 0.6 is 62.5 Å². The lowest BCUT2D eigenvalue weighted by Gasteiger charge is -2.09. The summed E-state index contributed by atoms with van der Waals surface area (Å²) in [6.45, 7) is 2.38. The second kappa shape index (κ2) is 8.88. The molecular formula is C18H12BrCl3N2O2S. The Labute approximate surface area is 184 Å². The van der Waals surface area contributed by atoms with Crippen LogP contribution in [0.25, 0.3) is 6.08 Å². The van der Waals surface area contributed by atoms with Crippen molar-refractivity contribution in [2.75, 3.05) is 6.61 Å². The maximum absolute atomic E-state index is 12.3. The van der Waals surface area contributed by atoms with Crippen molar-refractivity contribution in [3.8, 4) is 5.75 Å². The molecule has 4 nitrogen and oxygen atoms in total. The third-order valence-corrected chi connectivity index (χ3v) is 6.00. The molecule has 2 aromatic rings. The molecule has 0 radical (unpaired) electrons. The topological polar surface area (TPSA) is 50.7 Å². The molecule has 140 valence electrons. The van der Waals surface area contributed by atoms with E-state index in [1.807, 2.05) is 13.0 Å². The highest BCUT2D eigenvalue weighted by Gasteiger charge is 2.24. The molecule has 1 fully saturated rings. The molecule has 1 saturated heterocycles. The van der Waals surface area contributed by atoms with Crippen LogP contribution < -0.4 is 10.1 Å². The lowest BCUT2D eigenvalue weighted by Crippen LogP contribution is -2.19. The van der Waals surface area contributed by atoms with Crippen LogP contribution in [0.4, 0.5) is 5.69 Å². The van der Waals surface area contributed by atoms with Gasteiger partial charge in [0, 0.05) is 0 Å². The highest BCUT2D eigenvalue weighted by Crippen LogP contribution is 2.37. The number of amidine groups is 1. The maximum atomic E-state index is 12.3. The summed E-state index contributed by atoms with van der Waals surface area (Å²) in [5.41, 5.74) is 1.25. The van der Waals surface area contributed by atoms with Gasteiger partial charge < -0.3 is 10.1 Å². The summed E-state index contributed by atoms with van der Waals surface area (Å²) < 4.78 is 6.21. The van der Waals surface area contributed by atoms with Gasteiger partial charge in [-0.2, -0.15) is 0 Å². The molecule has 1 heterocycles. The molecular weight excluding hydrogens is 495 g/mol.